The average Bonchev–Trinajstić information content (AvgIpc) is 2.95. The van der Waals surface area contributed by atoms with Gasteiger partial charge in [-0.05, 0) is 24.1 Å². The predicted octanol–water partition coefficient (Wildman–Crippen LogP) is 2.89. The van der Waals surface area contributed by atoms with Crippen LogP contribution in [0.25, 0.3) is 0 Å². The number of fused-ring (bicyclic) bond motifs is 1. The first-order chi connectivity index (χ1) is 10.7. The molecule has 3 nitrogen and oxygen atoms in total. The summed E-state index contributed by atoms with van der Waals surface area (Å²) in [6.07, 6.45) is 1.45. The van der Waals surface area contributed by atoms with Crippen LogP contribution in [0.5, 0.6) is 0 Å². The van der Waals surface area contributed by atoms with Gasteiger partial charge in [-0.1, -0.05) is 36.4 Å². The van der Waals surface area contributed by atoms with E-state index in [1.54, 1.807) is 18.2 Å². The Morgan fingerprint density at radius 2 is 1.91 bits per heavy atom. The predicted molar refractivity (Wildman–Crippen MR) is 85.2 cm³/mol. The highest BCUT2D eigenvalue weighted by molar-refractivity contribution is 5.76. The van der Waals surface area contributed by atoms with Gasteiger partial charge in [0.25, 0.3) is 0 Å². The first-order valence-electron chi connectivity index (χ1n) is 7.57. The van der Waals surface area contributed by atoms with E-state index in [1.165, 1.54) is 17.3 Å². The van der Waals surface area contributed by atoms with E-state index in [0.717, 1.165) is 13.0 Å². The van der Waals surface area contributed by atoms with Crippen LogP contribution in [0.2, 0.25) is 0 Å². The molecule has 1 amide bonds. The summed E-state index contributed by atoms with van der Waals surface area (Å²) in [4.78, 5) is 14.2. The molecule has 1 aliphatic heterocycles. The molecule has 0 spiro atoms. The van der Waals surface area contributed by atoms with Gasteiger partial charge in [0, 0.05) is 37.3 Å². The third-order valence-electron chi connectivity index (χ3n) is 4.03. The lowest BCUT2D eigenvalue weighted by molar-refractivity contribution is -0.121. The van der Waals surface area contributed by atoms with Gasteiger partial charge in [-0.15, -0.1) is 0 Å². The second-order valence-corrected chi connectivity index (χ2v) is 5.48. The summed E-state index contributed by atoms with van der Waals surface area (Å²) in [5.74, 6) is -0.330. The summed E-state index contributed by atoms with van der Waals surface area (Å²) >= 11 is 0. The minimum Gasteiger partial charge on any atom is -0.370 e. The molecule has 4 heteroatoms. The maximum absolute atomic E-state index is 13.5. The Balaban J connectivity index is 1.48. The number of rotatable bonds is 5. The smallest absolute Gasteiger partial charge is 0.222 e. The molecule has 114 valence electrons. The number of nitrogens with one attached hydrogen (secondary N) is 1. The summed E-state index contributed by atoms with van der Waals surface area (Å²) in [5.41, 5.74) is 3.08. The Morgan fingerprint density at radius 1 is 1.14 bits per heavy atom. The van der Waals surface area contributed by atoms with Crippen molar-refractivity contribution in [3.8, 4) is 0 Å². The number of benzene rings is 2. The monoisotopic (exact) mass is 298 g/mol. The number of halogens is 1. The molecule has 1 N–H and O–H groups in total. The topological polar surface area (TPSA) is 32.3 Å². The quantitative estimate of drug-likeness (QED) is 0.920. The van der Waals surface area contributed by atoms with Crippen molar-refractivity contribution in [2.75, 3.05) is 18.0 Å². The van der Waals surface area contributed by atoms with Gasteiger partial charge in [0.05, 0.1) is 0 Å². The van der Waals surface area contributed by atoms with E-state index in [-0.39, 0.29) is 18.3 Å². The summed E-state index contributed by atoms with van der Waals surface area (Å²) in [5, 5.41) is 2.78. The van der Waals surface area contributed by atoms with Crippen LogP contribution in [0.1, 0.15) is 17.5 Å². The summed E-state index contributed by atoms with van der Waals surface area (Å²) in [6.45, 7) is 1.89. The summed E-state index contributed by atoms with van der Waals surface area (Å²) in [6, 6.07) is 14.8. The second kappa shape index (κ2) is 6.60. The molecular formula is C18H19FN2O. The van der Waals surface area contributed by atoms with Gasteiger partial charge in [0.1, 0.15) is 5.82 Å². The first-order valence-corrected chi connectivity index (χ1v) is 7.57. The number of para-hydroxylation sites is 1. The largest absolute Gasteiger partial charge is 0.370 e. The van der Waals surface area contributed by atoms with E-state index in [1.807, 2.05) is 12.1 Å². The van der Waals surface area contributed by atoms with Crippen LogP contribution in [-0.2, 0) is 17.8 Å². The Hall–Kier alpha value is -2.36. The molecule has 3 rings (SSSR count). The van der Waals surface area contributed by atoms with Crippen LogP contribution >= 0.6 is 0 Å². The van der Waals surface area contributed by atoms with Gasteiger partial charge >= 0.3 is 0 Å². The van der Waals surface area contributed by atoms with Gasteiger partial charge < -0.3 is 10.2 Å². The van der Waals surface area contributed by atoms with Crippen molar-refractivity contribution in [1.29, 1.82) is 0 Å². The molecule has 0 unspecified atom stereocenters. The molecule has 0 radical (unpaired) electrons. The normalized spacial score (nSPS) is 13.0. The number of nitrogens with zero attached hydrogens (tertiary/aromatic N) is 1. The third-order valence-corrected chi connectivity index (χ3v) is 4.03. The van der Waals surface area contributed by atoms with Gasteiger partial charge in [0.2, 0.25) is 5.91 Å². The fourth-order valence-corrected chi connectivity index (χ4v) is 2.80. The molecule has 0 saturated heterocycles. The van der Waals surface area contributed by atoms with E-state index in [0.29, 0.717) is 18.5 Å². The lowest BCUT2D eigenvalue weighted by Gasteiger charge is -2.19. The van der Waals surface area contributed by atoms with Crippen LogP contribution in [0.3, 0.4) is 0 Å². The standard InChI is InChI=1S/C18H19FN2O/c19-16-7-3-1-6-15(16)13-20-18(22)10-12-21-11-9-14-5-2-4-8-17(14)21/h1-8H,9-13H2,(H,20,22). The van der Waals surface area contributed by atoms with E-state index in [2.05, 4.69) is 22.3 Å². The van der Waals surface area contributed by atoms with Crippen molar-refractivity contribution < 1.29 is 9.18 Å². The molecular weight excluding hydrogens is 279 g/mol. The second-order valence-electron chi connectivity index (χ2n) is 5.48. The van der Waals surface area contributed by atoms with E-state index in [4.69, 9.17) is 0 Å². The molecule has 0 saturated carbocycles. The lowest BCUT2D eigenvalue weighted by atomic mass is 10.2. The van der Waals surface area contributed by atoms with Crippen LogP contribution in [-0.4, -0.2) is 19.0 Å². The number of anilines is 1. The molecule has 0 fully saturated rings. The Morgan fingerprint density at radius 3 is 2.77 bits per heavy atom. The van der Waals surface area contributed by atoms with E-state index in [9.17, 15) is 9.18 Å². The maximum Gasteiger partial charge on any atom is 0.222 e. The van der Waals surface area contributed by atoms with Crippen LogP contribution in [0, 0.1) is 5.82 Å². The van der Waals surface area contributed by atoms with Crippen LogP contribution in [0.4, 0.5) is 10.1 Å². The molecule has 2 aromatic carbocycles. The van der Waals surface area contributed by atoms with Gasteiger partial charge in [0.15, 0.2) is 0 Å². The molecule has 1 aliphatic rings. The number of hydrogen-bond donors (Lipinski definition) is 1. The zero-order chi connectivity index (χ0) is 15.4. The molecule has 22 heavy (non-hydrogen) atoms. The van der Waals surface area contributed by atoms with Crippen molar-refractivity contribution in [2.24, 2.45) is 0 Å². The zero-order valence-electron chi connectivity index (χ0n) is 12.4. The van der Waals surface area contributed by atoms with Crippen molar-refractivity contribution in [3.05, 3.63) is 65.5 Å². The number of carbonyl (C=O) groups is 1. The zero-order valence-corrected chi connectivity index (χ0v) is 12.4. The SMILES string of the molecule is O=C(CCN1CCc2ccccc21)NCc1ccccc1F. The highest BCUT2D eigenvalue weighted by Crippen LogP contribution is 2.27. The Kier molecular flexibility index (Phi) is 4.37. The maximum atomic E-state index is 13.5. The van der Waals surface area contributed by atoms with Gasteiger partial charge in [-0.3, -0.25) is 4.79 Å². The molecule has 0 aliphatic carbocycles. The van der Waals surface area contributed by atoms with Crippen molar-refractivity contribution >= 4 is 11.6 Å². The van der Waals surface area contributed by atoms with Crippen molar-refractivity contribution in [1.82, 2.24) is 5.32 Å². The van der Waals surface area contributed by atoms with Gasteiger partial charge in [-0.2, -0.15) is 0 Å². The Bertz CT molecular complexity index is 672. The minimum atomic E-state index is -0.281. The molecule has 0 atom stereocenters. The van der Waals surface area contributed by atoms with Crippen LogP contribution < -0.4 is 10.2 Å². The first kappa shape index (κ1) is 14.6. The Labute approximate surface area is 129 Å². The molecule has 0 bridgehead atoms. The van der Waals surface area contributed by atoms with Crippen LogP contribution in [0.15, 0.2) is 48.5 Å². The summed E-state index contributed by atoms with van der Waals surface area (Å²) in [7, 11) is 0. The van der Waals surface area contributed by atoms with E-state index >= 15 is 0 Å². The summed E-state index contributed by atoms with van der Waals surface area (Å²) < 4.78 is 13.5. The molecule has 1 heterocycles. The fourth-order valence-electron chi connectivity index (χ4n) is 2.80. The molecule has 2 aromatic rings. The van der Waals surface area contributed by atoms with E-state index < -0.39 is 0 Å². The number of amides is 1. The number of carbonyl (C=O) groups excluding carboxylic acids is 1. The third kappa shape index (κ3) is 3.27. The fraction of sp³-hybridized carbons (Fsp3) is 0.278. The molecule has 0 aromatic heterocycles. The van der Waals surface area contributed by atoms with Gasteiger partial charge in [-0.25, -0.2) is 4.39 Å². The van der Waals surface area contributed by atoms with Crippen molar-refractivity contribution in [3.63, 3.8) is 0 Å². The number of hydrogen-bond acceptors (Lipinski definition) is 2. The van der Waals surface area contributed by atoms with Crippen molar-refractivity contribution in [2.45, 2.75) is 19.4 Å². The minimum absolute atomic E-state index is 0.0485. The highest BCUT2D eigenvalue weighted by Gasteiger charge is 2.18. The highest BCUT2D eigenvalue weighted by atomic mass is 19.1. The lowest BCUT2D eigenvalue weighted by Crippen LogP contribution is -2.29. The average molecular weight is 298 g/mol.